The molecule has 0 aliphatic heterocycles. The average molecular weight is 689 g/mol. The Morgan fingerprint density at radius 1 is 0.659 bits per heavy atom. The first kappa shape index (κ1) is 37.4. The van der Waals surface area contributed by atoms with Gasteiger partial charge >= 0.3 is 12.4 Å². The summed E-state index contributed by atoms with van der Waals surface area (Å²) in [6.07, 6.45) is -9.50. The minimum absolute atomic E-state index is 0. The van der Waals surface area contributed by atoms with Gasteiger partial charge in [0.05, 0.1) is 9.85 Å². The van der Waals surface area contributed by atoms with Crippen molar-refractivity contribution in [3.05, 3.63) is 132 Å². The Bertz CT molecular complexity index is 1540. The number of benzene rings is 4. The normalized spacial score (nSPS) is 10.7. The van der Waals surface area contributed by atoms with Gasteiger partial charge in [-0.3, -0.25) is 20.2 Å². The van der Waals surface area contributed by atoms with Gasteiger partial charge in [0.1, 0.15) is 11.1 Å². The number of nitro groups is 2. The maximum Gasteiger partial charge on any atom is 0.423 e. The fourth-order valence-electron chi connectivity index (χ4n) is 3.26. The minimum Gasteiger partial charge on any atom is -0.399 e. The fraction of sp³-hybridized carbons (Fsp3) is 0.172. The zero-order valence-electron chi connectivity index (χ0n) is 22.3. The van der Waals surface area contributed by atoms with E-state index in [4.69, 9.17) is 5.73 Å². The third-order valence-electron chi connectivity index (χ3n) is 5.38. The number of nitrogens with one attached hydrogen (secondary N) is 1. The van der Waals surface area contributed by atoms with Crippen molar-refractivity contribution >= 4 is 44.4 Å². The summed E-state index contributed by atoms with van der Waals surface area (Å²) in [4.78, 5) is 18.8. The molecular formula is C29H27BrF6N4O4. The smallest absolute Gasteiger partial charge is 0.399 e. The van der Waals surface area contributed by atoms with Crippen molar-refractivity contribution in [3.63, 3.8) is 0 Å². The second-order valence-corrected chi connectivity index (χ2v) is 9.72. The zero-order chi connectivity index (χ0) is 32.5. The zero-order valence-corrected chi connectivity index (χ0v) is 23.9. The first-order valence-electron chi connectivity index (χ1n) is 11.9. The molecule has 0 aliphatic rings. The van der Waals surface area contributed by atoms with E-state index in [-0.39, 0.29) is 17.6 Å². The van der Waals surface area contributed by atoms with Crippen molar-refractivity contribution in [2.45, 2.75) is 33.6 Å². The van der Waals surface area contributed by atoms with Gasteiger partial charge in [-0.25, -0.2) is 0 Å². The van der Waals surface area contributed by atoms with Gasteiger partial charge in [-0.2, -0.15) is 26.3 Å². The monoisotopic (exact) mass is 688 g/mol. The van der Waals surface area contributed by atoms with Crippen LogP contribution in [-0.2, 0) is 12.4 Å². The molecule has 0 heterocycles. The molecule has 15 heteroatoms. The van der Waals surface area contributed by atoms with Gasteiger partial charge in [0.15, 0.2) is 0 Å². The second kappa shape index (κ2) is 15.7. The maximum atomic E-state index is 12.8. The number of nitrogen functional groups attached to an aromatic ring is 1. The molecular weight excluding hydrogens is 662 g/mol. The van der Waals surface area contributed by atoms with Crippen LogP contribution in [0.2, 0.25) is 0 Å². The number of hydrogen-bond acceptors (Lipinski definition) is 6. The van der Waals surface area contributed by atoms with Crippen LogP contribution in [0.15, 0.2) is 89.4 Å². The van der Waals surface area contributed by atoms with Gasteiger partial charge < -0.3 is 11.1 Å². The molecule has 4 aromatic rings. The van der Waals surface area contributed by atoms with Crippen LogP contribution in [-0.4, -0.2) is 9.85 Å². The van der Waals surface area contributed by atoms with Gasteiger partial charge in [-0.15, -0.1) is 0 Å². The number of nitrogens with zero attached hydrogens (tertiary/aromatic N) is 2. The molecule has 0 spiro atoms. The quantitative estimate of drug-likeness (QED) is 0.0951. The third kappa shape index (κ3) is 11.6. The molecule has 0 radical (unpaired) electrons. The van der Waals surface area contributed by atoms with Crippen molar-refractivity contribution in [1.29, 1.82) is 0 Å². The highest BCUT2D eigenvalue weighted by Gasteiger charge is 2.39. The van der Waals surface area contributed by atoms with Gasteiger partial charge in [0.2, 0.25) is 0 Å². The van der Waals surface area contributed by atoms with E-state index in [0.717, 1.165) is 29.4 Å². The first-order chi connectivity index (χ1) is 19.9. The topological polar surface area (TPSA) is 124 Å². The van der Waals surface area contributed by atoms with Crippen molar-refractivity contribution < 1.29 is 36.2 Å². The van der Waals surface area contributed by atoms with Crippen molar-refractivity contribution in [3.8, 4) is 0 Å². The van der Waals surface area contributed by atoms with Crippen LogP contribution < -0.4 is 11.1 Å². The number of nitrogens with two attached hydrogens (primary N) is 1. The molecule has 8 nitrogen and oxygen atoms in total. The van der Waals surface area contributed by atoms with Crippen LogP contribution in [0.1, 0.15) is 29.7 Å². The summed E-state index contributed by atoms with van der Waals surface area (Å²) in [5.74, 6) is 0. The molecule has 0 amide bonds. The highest BCUT2D eigenvalue weighted by molar-refractivity contribution is 9.10. The van der Waals surface area contributed by atoms with Gasteiger partial charge in [0, 0.05) is 33.7 Å². The summed E-state index contributed by atoms with van der Waals surface area (Å²) >= 11 is 2.82. The van der Waals surface area contributed by atoms with Gasteiger partial charge in [-0.05, 0) is 62.4 Å². The largest absolute Gasteiger partial charge is 0.423 e. The SMILES string of the molecule is C.Cc1ccc(N)cc1.Cc1ccc(Nc2ccc([N+](=O)[O-])c(C(F)(F)F)c2)cc1.O=[N+]([O-])c1ccc(Br)cc1C(F)(F)F. The predicted octanol–water partition coefficient (Wildman–Crippen LogP) is 10.3. The Hall–Kier alpha value is -4.66. The summed E-state index contributed by atoms with van der Waals surface area (Å²) in [6, 6.07) is 20.3. The van der Waals surface area contributed by atoms with Crippen molar-refractivity contribution in [2.75, 3.05) is 11.1 Å². The van der Waals surface area contributed by atoms with E-state index in [1.54, 1.807) is 24.3 Å². The summed E-state index contributed by atoms with van der Waals surface area (Å²) in [5, 5.41) is 23.7. The Kier molecular flexibility index (Phi) is 13.3. The average Bonchev–Trinajstić information content (AvgIpc) is 2.91. The molecule has 0 aromatic heterocycles. The molecule has 0 fully saturated rings. The molecule has 0 atom stereocenters. The molecule has 44 heavy (non-hydrogen) atoms. The van der Waals surface area contributed by atoms with E-state index in [9.17, 15) is 46.6 Å². The van der Waals surface area contributed by atoms with Crippen molar-refractivity contribution in [1.82, 2.24) is 0 Å². The lowest BCUT2D eigenvalue weighted by atomic mass is 10.1. The van der Waals surface area contributed by atoms with Crippen LogP contribution in [0.3, 0.4) is 0 Å². The van der Waals surface area contributed by atoms with E-state index in [2.05, 4.69) is 21.2 Å². The second-order valence-electron chi connectivity index (χ2n) is 8.80. The van der Waals surface area contributed by atoms with Gasteiger partial charge in [-0.1, -0.05) is 58.7 Å². The molecule has 0 saturated carbocycles. The van der Waals surface area contributed by atoms with Crippen LogP contribution >= 0.6 is 15.9 Å². The minimum atomic E-state index is -4.78. The predicted molar refractivity (Wildman–Crippen MR) is 161 cm³/mol. The summed E-state index contributed by atoms with van der Waals surface area (Å²) in [7, 11) is 0. The van der Waals surface area contributed by atoms with Gasteiger partial charge in [0.25, 0.3) is 11.4 Å². The maximum absolute atomic E-state index is 12.8. The van der Waals surface area contributed by atoms with Crippen LogP contribution in [0, 0.1) is 34.1 Å². The van der Waals surface area contributed by atoms with E-state index in [1.165, 1.54) is 17.7 Å². The lowest BCUT2D eigenvalue weighted by Gasteiger charge is -2.11. The van der Waals surface area contributed by atoms with Crippen LogP contribution in [0.25, 0.3) is 0 Å². The number of aryl methyl sites for hydroxylation is 2. The molecule has 4 aromatic carbocycles. The molecule has 0 aliphatic carbocycles. The Labute approximate surface area is 257 Å². The van der Waals surface area contributed by atoms with E-state index in [1.807, 2.05) is 38.1 Å². The number of alkyl halides is 6. The number of nitro benzene ring substituents is 2. The summed E-state index contributed by atoms with van der Waals surface area (Å²) in [5.41, 5.74) is 4.82. The lowest BCUT2D eigenvalue weighted by Crippen LogP contribution is -2.09. The highest BCUT2D eigenvalue weighted by Crippen LogP contribution is 2.39. The standard InChI is InChI=1S/C14H11F3N2O2.C7H3BrF3NO2.C7H9N.CH4/c1-9-2-4-10(5-3-9)18-11-6-7-13(19(20)21)12(8-11)14(15,16)17;8-4-1-2-6(12(13)14)5(3-4)7(9,10)11;1-6-2-4-7(8)5-3-6;/h2-8,18H,1H3;1-3H;2-5H,8H2,1H3;1H4. The van der Waals surface area contributed by atoms with Crippen LogP contribution in [0.5, 0.6) is 0 Å². The molecule has 0 unspecified atom stereocenters. The fourth-order valence-corrected chi connectivity index (χ4v) is 3.63. The number of anilines is 3. The molecule has 4 rings (SSSR count). The number of hydrogen-bond donors (Lipinski definition) is 2. The van der Waals surface area contributed by atoms with Crippen molar-refractivity contribution in [2.24, 2.45) is 0 Å². The Morgan fingerprint density at radius 3 is 1.45 bits per heavy atom. The Balaban J connectivity index is 0.000000362. The van der Waals surface area contributed by atoms with E-state index in [0.29, 0.717) is 11.8 Å². The number of halogens is 7. The molecule has 3 N–H and O–H groups in total. The molecule has 236 valence electrons. The lowest BCUT2D eigenvalue weighted by molar-refractivity contribution is -0.388. The Morgan fingerprint density at radius 2 is 1.05 bits per heavy atom. The van der Waals surface area contributed by atoms with E-state index < -0.39 is 44.7 Å². The van der Waals surface area contributed by atoms with E-state index >= 15 is 0 Å². The first-order valence-corrected chi connectivity index (χ1v) is 12.7. The summed E-state index contributed by atoms with van der Waals surface area (Å²) < 4.78 is 75.5. The third-order valence-corrected chi connectivity index (χ3v) is 5.87. The molecule has 0 bridgehead atoms. The van der Waals surface area contributed by atoms with Crippen LogP contribution in [0.4, 0.5) is 54.8 Å². The molecule has 0 saturated heterocycles. The highest BCUT2D eigenvalue weighted by atomic mass is 79.9. The summed E-state index contributed by atoms with van der Waals surface area (Å²) in [6.45, 7) is 3.93. The number of rotatable bonds is 4.